The third-order valence-electron chi connectivity index (χ3n) is 3.28. The van der Waals surface area contributed by atoms with Gasteiger partial charge in [0, 0.05) is 0 Å². The van der Waals surface area contributed by atoms with Crippen molar-refractivity contribution in [2.24, 2.45) is 5.92 Å². The van der Waals surface area contributed by atoms with Crippen molar-refractivity contribution in [1.29, 1.82) is 0 Å². The summed E-state index contributed by atoms with van der Waals surface area (Å²) in [5, 5.41) is 11.6. The normalized spacial score (nSPS) is 12.0. The summed E-state index contributed by atoms with van der Waals surface area (Å²) in [6.45, 7) is 4.25. The van der Waals surface area contributed by atoms with E-state index in [1.807, 2.05) is 12.1 Å². The van der Waals surface area contributed by atoms with Crippen molar-refractivity contribution >= 4 is 21.5 Å². The van der Waals surface area contributed by atoms with Crippen LogP contribution in [0.4, 0.5) is 5.82 Å². The minimum absolute atomic E-state index is 0.204. The molecular weight excluding hydrogens is 314 g/mol. The lowest BCUT2D eigenvalue weighted by atomic mass is 10.0. The predicted octanol–water partition coefficient (Wildman–Crippen LogP) is 2.12. The molecule has 120 valence electrons. The molecule has 0 amide bonds. The molecule has 1 N–H and O–H groups in total. The fraction of sp³-hybridized carbons (Fsp3) is 0.267. The Morgan fingerprint density at radius 3 is 2.57 bits per heavy atom. The Bertz CT molecular complexity index is 916. The Hall–Kier alpha value is -2.48. The van der Waals surface area contributed by atoms with Crippen molar-refractivity contribution in [3.63, 3.8) is 0 Å². The van der Waals surface area contributed by atoms with E-state index in [0.29, 0.717) is 11.6 Å². The van der Waals surface area contributed by atoms with Crippen molar-refractivity contribution < 1.29 is 8.42 Å². The van der Waals surface area contributed by atoms with Crippen LogP contribution in [0.1, 0.15) is 19.4 Å². The van der Waals surface area contributed by atoms with E-state index in [-0.39, 0.29) is 10.7 Å². The van der Waals surface area contributed by atoms with E-state index in [4.69, 9.17) is 0 Å². The van der Waals surface area contributed by atoms with Gasteiger partial charge in [-0.3, -0.25) is 4.72 Å². The minimum Gasteiger partial charge on any atom is -0.262 e. The number of nitrogens with zero attached hydrogens (tertiary/aromatic N) is 4. The monoisotopic (exact) mass is 331 g/mol. The maximum absolute atomic E-state index is 12.4. The Kier molecular flexibility index (Phi) is 3.99. The lowest BCUT2D eigenvalue weighted by Crippen LogP contribution is -2.14. The summed E-state index contributed by atoms with van der Waals surface area (Å²) in [6, 6.07) is 10.1. The van der Waals surface area contributed by atoms with Crippen LogP contribution in [-0.4, -0.2) is 28.2 Å². The number of nitrogens with one attached hydrogen (secondary N) is 1. The molecule has 8 heteroatoms. The van der Waals surface area contributed by atoms with Crippen LogP contribution in [0.5, 0.6) is 0 Å². The highest BCUT2D eigenvalue weighted by Crippen LogP contribution is 2.16. The summed E-state index contributed by atoms with van der Waals surface area (Å²) in [7, 11) is -3.68. The number of hydrogen-bond donors (Lipinski definition) is 1. The van der Waals surface area contributed by atoms with Crippen LogP contribution < -0.4 is 4.72 Å². The van der Waals surface area contributed by atoms with Crippen molar-refractivity contribution in [3.8, 4) is 0 Å². The SMILES string of the molecule is CC(C)Cc1ccc(S(=O)(=O)Nc2ccc3nncn3n2)cc1. The van der Waals surface area contributed by atoms with Crippen LogP contribution in [-0.2, 0) is 16.4 Å². The van der Waals surface area contributed by atoms with Crippen molar-refractivity contribution in [1.82, 2.24) is 19.8 Å². The molecule has 0 aliphatic rings. The second-order valence-electron chi connectivity index (χ2n) is 5.70. The molecule has 0 aliphatic carbocycles. The molecule has 1 aromatic carbocycles. The van der Waals surface area contributed by atoms with E-state index < -0.39 is 10.0 Å². The van der Waals surface area contributed by atoms with Gasteiger partial charge in [0.25, 0.3) is 10.0 Å². The largest absolute Gasteiger partial charge is 0.263 e. The summed E-state index contributed by atoms with van der Waals surface area (Å²) in [4.78, 5) is 0.204. The van der Waals surface area contributed by atoms with Gasteiger partial charge in [0.05, 0.1) is 4.90 Å². The molecule has 0 saturated heterocycles. The van der Waals surface area contributed by atoms with Crippen LogP contribution in [0, 0.1) is 5.92 Å². The molecule has 23 heavy (non-hydrogen) atoms. The Labute approximate surface area is 134 Å². The first-order chi connectivity index (χ1) is 10.9. The summed E-state index contributed by atoms with van der Waals surface area (Å²) >= 11 is 0. The van der Waals surface area contributed by atoms with Crippen LogP contribution in [0.2, 0.25) is 0 Å². The number of fused-ring (bicyclic) bond motifs is 1. The molecule has 0 atom stereocenters. The molecule has 0 fully saturated rings. The van der Waals surface area contributed by atoms with Gasteiger partial charge in [-0.05, 0) is 42.2 Å². The molecule has 0 unspecified atom stereocenters. The van der Waals surface area contributed by atoms with Gasteiger partial charge in [-0.25, -0.2) is 8.42 Å². The fourth-order valence-electron chi connectivity index (χ4n) is 2.26. The highest BCUT2D eigenvalue weighted by atomic mass is 32.2. The average molecular weight is 331 g/mol. The minimum atomic E-state index is -3.68. The quantitative estimate of drug-likeness (QED) is 0.773. The van der Waals surface area contributed by atoms with E-state index in [0.717, 1.165) is 12.0 Å². The van der Waals surface area contributed by atoms with E-state index in [1.165, 1.54) is 10.8 Å². The molecule has 3 aromatic rings. The van der Waals surface area contributed by atoms with Gasteiger partial charge < -0.3 is 0 Å². The fourth-order valence-corrected chi connectivity index (χ4v) is 3.25. The van der Waals surface area contributed by atoms with Gasteiger partial charge in [0.1, 0.15) is 6.33 Å². The van der Waals surface area contributed by atoms with E-state index in [9.17, 15) is 8.42 Å². The zero-order valence-electron chi connectivity index (χ0n) is 12.8. The van der Waals surface area contributed by atoms with Crippen LogP contribution >= 0.6 is 0 Å². The number of sulfonamides is 1. The van der Waals surface area contributed by atoms with Crippen molar-refractivity contribution in [3.05, 3.63) is 48.3 Å². The second-order valence-corrected chi connectivity index (χ2v) is 7.38. The van der Waals surface area contributed by atoms with E-state index in [2.05, 4.69) is 33.9 Å². The van der Waals surface area contributed by atoms with Gasteiger partial charge in [-0.2, -0.15) is 4.52 Å². The highest BCUT2D eigenvalue weighted by Gasteiger charge is 2.15. The number of anilines is 1. The summed E-state index contributed by atoms with van der Waals surface area (Å²) < 4.78 is 28.7. The molecule has 0 spiro atoms. The lowest BCUT2D eigenvalue weighted by Gasteiger charge is -2.09. The molecule has 3 rings (SSSR count). The maximum atomic E-state index is 12.4. The van der Waals surface area contributed by atoms with Crippen LogP contribution in [0.15, 0.2) is 47.6 Å². The Morgan fingerprint density at radius 2 is 1.87 bits per heavy atom. The molecule has 2 aromatic heterocycles. The Balaban J connectivity index is 1.83. The number of aromatic nitrogens is 4. The summed E-state index contributed by atoms with van der Waals surface area (Å²) in [6.07, 6.45) is 2.33. The number of rotatable bonds is 5. The van der Waals surface area contributed by atoms with Gasteiger partial charge in [-0.15, -0.1) is 15.3 Å². The van der Waals surface area contributed by atoms with Gasteiger partial charge >= 0.3 is 0 Å². The predicted molar refractivity (Wildman–Crippen MR) is 86.6 cm³/mol. The maximum Gasteiger partial charge on any atom is 0.263 e. The van der Waals surface area contributed by atoms with E-state index in [1.54, 1.807) is 24.3 Å². The lowest BCUT2D eigenvalue weighted by molar-refractivity contribution is 0.600. The summed E-state index contributed by atoms with van der Waals surface area (Å²) in [5.74, 6) is 0.735. The van der Waals surface area contributed by atoms with Gasteiger partial charge in [-0.1, -0.05) is 26.0 Å². The molecule has 0 radical (unpaired) electrons. The molecule has 0 bridgehead atoms. The summed E-state index contributed by atoms with van der Waals surface area (Å²) in [5.41, 5.74) is 1.66. The first kappa shape index (κ1) is 15.4. The zero-order valence-corrected chi connectivity index (χ0v) is 13.7. The first-order valence-corrected chi connectivity index (χ1v) is 8.71. The van der Waals surface area contributed by atoms with E-state index >= 15 is 0 Å². The van der Waals surface area contributed by atoms with Crippen LogP contribution in [0.25, 0.3) is 5.65 Å². The molecule has 2 heterocycles. The smallest absolute Gasteiger partial charge is 0.262 e. The Morgan fingerprint density at radius 1 is 1.13 bits per heavy atom. The highest BCUT2D eigenvalue weighted by molar-refractivity contribution is 7.92. The number of benzene rings is 1. The first-order valence-electron chi connectivity index (χ1n) is 7.23. The van der Waals surface area contributed by atoms with Crippen molar-refractivity contribution in [2.45, 2.75) is 25.2 Å². The third kappa shape index (κ3) is 3.48. The third-order valence-corrected chi connectivity index (χ3v) is 4.65. The zero-order chi connectivity index (χ0) is 16.4. The van der Waals surface area contributed by atoms with Gasteiger partial charge in [0.2, 0.25) is 0 Å². The average Bonchev–Trinajstić information content (AvgIpc) is 2.94. The number of hydrogen-bond acceptors (Lipinski definition) is 5. The molecular formula is C15H17N5O2S. The topological polar surface area (TPSA) is 89.2 Å². The molecule has 0 saturated carbocycles. The molecule has 0 aliphatic heterocycles. The van der Waals surface area contributed by atoms with Crippen LogP contribution in [0.3, 0.4) is 0 Å². The standard InChI is InChI=1S/C15H17N5O2S/c1-11(2)9-12-3-5-13(6-4-12)23(21,22)19-14-7-8-15-17-16-10-20(15)18-14/h3-8,10-11H,9H2,1-2H3,(H,18,19). The molecule has 7 nitrogen and oxygen atoms in total. The second kappa shape index (κ2) is 5.96. The van der Waals surface area contributed by atoms with Crippen molar-refractivity contribution in [2.75, 3.05) is 4.72 Å². The van der Waals surface area contributed by atoms with Gasteiger partial charge in [0.15, 0.2) is 11.5 Å².